The van der Waals surface area contributed by atoms with Gasteiger partial charge in [-0.25, -0.2) is 4.39 Å². The quantitative estimate of drug-likeness (QED) is 0.390. The van der Waals surface area contributed by atoms with E-state index >= 15 is 0 Å². The third kappa shape index (κ3) is 4.87. The molecule has 0 spiro atoms. The Morgan fingerprint density at radius 3 is 2.68 bits per heavy atom. The third-order valence-electron chi connectivity index (χ3n) is 5.40. The molecule has 0 bridgehead atoms. The van der Waals surface area contributed by atoms with Crippen LogP contribution in [0.2, 0.25) is 0 Å². The molecule has 3 heterocycles. The second kappa shape index (κ2) is 9.05. The Kier molecular flexibility index (Phi) is 6.22. The monoisotopic (exact) mass is 442 g/mol. The number of hydrogen-bond acceptors (Lipinski definition) is 6. The number of aryl methyl sites for hydroxylation is 1. The lowest BCUT2D eigenvalue weighted by Gasteiger charge is -2.11. The van der Waals surface area contributed by atoms with Crippen LogP contribution in [0, 0.1) is 19.7 Å². The summed E-state index contributed by atoms with van der Waals surface area (Å²) < 4.78 is 20.8. The smallest absolute Gasteiger partial charge is 0.277 e. The number of nitrogens with zero attached hydrogens (tertiary/aromatic N) is 4. The zero-order valence-electron chi connectivity index (χ0n) is 17.4. The molecule has 9 heteroatoms. The van der Waals surface area contributed by atoms with Crippen LogP contribution in [0.3, 0.4) is 0 Å². The summed E-state index contributed by atoms with van der Waals surface area (Å²) in [5.74, 6) is 0.346. The Bertz CT molecular complexity index is 1110. The summed E-state index contributed by atoms with van der Waals surface area (Å²) >= 11 is 1.19. The lowest BCUT2D eigenvalue weighted by Crippen LogP contribution is -2.23. The largest absolute Gasteiger partial charge is 0.414 e. The van der Waals surface area contributed by atoms with E-state index in [0.29, 0.717) is 42.7 Å². The van der Waals surface area contributed by atoms with Gasteiger partial charge in [0.25, 0.3) is 5.22 Å². The normalized spacial score (nSPS) is 13.9. The van der Waals surface area contributed by atoms with Crippen molar-refractivity contribution in [3.63, 3.8) is 0 Å². The number of Topliss-reactive ketones (excluding diaryl/α,β-unsaturated/α-hetero) is 1. The number of thioether (sulfide) groups is 1. The molecule has 0 aliphatic carbocycles. The fraction of sp³-hybridized carbons (Fsp3) is 0.364. The molecule has 1 saturated heterocycles. The van der Waals surface area contributed by atoms with Crippen molar-refractivity contribution in [1.29, 1.82) is 0 Å². The molecule has 1 aromatic carbocycles. The predicted molar refractivity (Wildman–Crippen MR) is 113 cm³/mol. The second-order valence-electron chi connectivity index (χ2n) is 7.59. The van der Waals surface area contributed by atoms with E-state index < -0.39 is 0 Å². The number of likely N-dealkylation sites (tertiary alicyclic amines) is 1. The van der Waals surface area contributed by atoms with Crippen molar-refractivity contribution in [2.24, 2.45) is 0 Å². The van der Waals surface area contributed by atoms with Gasteiger partial charge in [-0.3, -0.25) is 9.59 Å². The van der Waals surface area contributed by atoms with Gasteiger partial charge in [0.2, 0.25) is 11.8 Å². The average Bonchev–Trinajstić information content (AvgIpc) is 3.44. The number of carbonyl (C=O) groups excluding carboxylic acids is 2. The van der Waals surface area contributed by atoms with Crippen LogP contribution in [-0.2, 0) is 17.9 Å². The number of carbonyl (C=O) groups is 2. The Morgan fingerprint density at radius 1 is 1.19 bits per heavy atom. The number of benzene rings is 1. The first kappa shape index (κ1) is 21.3. The van der Waals surface area contributed by atoms with E-state index in [4.69, 9.17) is 4.42 Å². The number of amides is 1. The SMILES string of the molecule is Cc1cc(C(=O)CSc2nnc(CN3CCCC3=O)o2)c(C)n1Cc1ccc(F)cc1. The standard InChI is InChI=1S/C22H23FN4O3S/c1-14-10-18(15(2)27(14)11-16-5-7-17(23)8-6-16)19(28)13-31-22-25-24-20(30-22)12-26-9-3-4-21(26)29/h5-8,10H,3-4,9,11-13H2,1-2H3. The molecule has 7 nitrogen and oxygen atoms in total. The summed E-state index contributed by atoms with van der Waals surface area (Å²) in [6, 6.07) is 8.23. The van der Waals surface area contributed by atoms with Gasteiger partial charge < -0.3 is 13.9 Å². The van der Waals surface area contributed by atoms with Gasteiger partial charge in [0.1, 0.15) is 5.82 Å². The summed E-state index contributed by atoms with van der Waals surface area (Å²) in [4.78, 5) is 26.2. The van der Waals surface area contributed by atoms with Gasteiger partial charge in [0.15, 0.2) is 5.78 Å². The van der Waals surface area contributed by atoms with Crippen molar-refractivity contribution in [2.45, 2.75) is 45.0 Å². The third-order valence-corrected chi connectivity index (χ3v) is 6.22. The molecule has 1 fully saturated rings. The number of hydrogen-bond donors (Lipinski definition) is 0. The molecule has 0 saturated carbocycles. The topological polar surface area (TPSA) is 81.2 Å². The second-order valence-corrected chi connectivity index (χ2v) is 8.52. The van der Waals surface area contributed by atoms with Crippen molar-refractivity contribution in [3.8, 4) is 0 Å². The van der Waals surface area contributed by atoms with Gasteiger partial charge in [-0.1, -0.05) is 23.9 Å². The molecule has 1 amide bonds. The minimum atomic E-state index is -0.270. The molecule has 4 rings (SSSR count). The minimum absolute atomic E-state index is 0.0297. The highest BCUT2D eigenvalue weighted by atomic mass is 32.2. The van der Waals surface area contributed by atoms with Crippen molar-refractivity contribution in [3.05, 3.63) is 64.6 Å². The van der Waals surface area contributed by atoms with Crippen molar-refractivity contribution in [1.82, 2.24) is 19.7 Å². The van der Waals surface area contributed by atoms with Crippen molar-refractivity contribution < 1.29 is 18.4 Å². The van der Waals surface area contributed by atoms with Crippen LogP contribution in [0.5, 0.6) is 0 Å². The summed E-state index contributed by atoms with van der Waals surface area (Å²) in [5, 5.41) is 8.27. The maximum Gasteiger partial charge on any atom is 0.277 e. The van der Waals surface area contributed by atoms with E-state index in [1.54, 1.807) is 17.0 Å². The molecule has 0 atom stereocenters. The highest BCUT2D eigenvalue weighted by Gasteiger charge is 2.23. The zero-order valence-corrected chi connectivity index (χ0v) is 18.2. The summed E-state index contributed by atoms with van der Waals surface area (Å²) in [6.45, 7) is 5.44. The first-order valence-electron chi connectivity index (χ1n) is 10.1. The molecular formula is C22H23FN4O3S. The molecule has 1 aliphatic heterocycles. The van der Waals surface area contributed by atoms with E-state index in [2.05, 4.69) is 10.2 Å². The molecule has 2 aromatic heterocycles. The van der Waals surface area contributed by atoms with E-state index in [-0.39, 0.29) is 23.3 Å². The van der Waals surface area contributed by atoms with Gasteiger partial charge >= 0.3 is 0 Å². The van der Waals surface area contributed by atoms with Crippen LogP contribution in [0.4, 0.5) is 4.39 Å². The maximum atomic E-state index is 13.2. The Labute approximate surface area is 183 Å². The molecule has 0 N–H and O–H groups in total. The predicted octanol–water partition coefficient (Wildman–Crippen LogP) is 3.77. The summed E-state index contributed by atoms with van der Waals surface area (Å²) in [5.41, 5.74) is 3.44. The Hall–Kier alpha value is -2.94. The van der Waals surface area contributed by atoms with Crippen LogP contribution in [0.25, 0.3) is 0 Å². The molecule has 0 radical (unpaired) electrons. The fourth-order valence-electron chi connectivity index (χ4n) is 3.70. The van der Waals surface area contributed by atoms with Crippen molar-refractivity contribution >= 4 is 23.5 Å². The van der Waals surface area contributed by atoms with Crippen LogP contribution < -0.4 is 0 Å². The maximum absolute atomic E-state index is 13.2. The number of rotatable bonds is 8. The fourth-order valence-corrected chi connectivity index (χ4v) is 4.36. The lowest BCUT2D eigenvalue weighted by molar-refractivity contribution is -0.128. The number of ketones is 1. The minimum Gasteiger partial charge on any atom is -0.414 e. The molecule has 162 valence electrons. The zero-order chi connectivity index (χ0) is 22.0. The van der Waals surface area contributed by atoms with Gasteiger partial charge in [-0.2, -0.15) is 0 Å². The van der Waals surface area contributed by atoms with Crippen LogP contribution in [-0.4, -0.2) is 43.7 Å². The van der Waals surface area contributed by atoms with Gasteiger partial charge in [-0.05, 0) is 44.0 Å². The Balaban J connectivity index is 1.38. The Morgan fingerprint density at radius 2 is 1.97 bits per heavy atom. The molecular weight excluding hydrogens is 419 g/mol. The van der Waals surface area contributed by atoms with Gasteiger partial charge in [-0.15, -0.1) is 10.2 Å². The van der Waals surface area contributed by atoms with Gasteiger partial charge in [0.05, 0.1) is 12.3 Å². The first-order valence-corrected chi connectivity index (χ1v) is 11.1. The summed E-state index contributed by atoms with van der Waals surface area (Å²) in [7, 11) is 0. The van der Waals surface area contributed by atoms with Crippen LogP contribution in [0.1, 0.15) is 46.0 Å². The van der Waals surface area contributed by atoms with E-state index in [1.165, 1.54) is 23.9 Å². The molecule has 0 unspecified atom stereocenters. The van der Waals surface area contributed by atoms with E-state index in [1.807, 2.05) is 24.5 Å². The molecule has 3 aromatic rings. The lowest BCUT2D eigenvalue weighted by atomic mass is 10.2. The number of aromatic nitrogens is 3. The average molecular weight is 443 g/mol. The first-order chi connectivity index (χ1) is 14.9. The van der Waals surface area contributed by atoms with Gasteiger partial charge in [0, 0.05) is 36.5 Å². The van der Waals surface area contributed by atoms with E-state index in [9.17, 15) is 14.0 Å². The molecule has 1 aliphatic rings. The van der Waals surface area contributed by atoms with Crippen LogP contribution in [0.15, 0.2) is 40.0 Å². The van der Waals surface area contributed by atoms with E-state index in [0.717, 1.165) is 23.4 Å². The van der Waals surface area contributed by atoms with Crippen molar-refractivity contribution in [2.75, 3.05) is 12.3 Å². The molecule has 31 heavy (non-hydrogen) atoms. The van der Waals surface area contributed by atoms with Crippen LogP contribution >= 0.6 is 11.8 Å². The summed E-state index contributed by atoms with van der Waals surface area (Å²) in [6.07, 6.45) is 1.41. The highest BCUT2D eigenvalue weighted by Crippen LogP contribution is 2.23. The highest BCUT2D eigenvalue weighted by molar-refractivity contribution is 7.99. The number of halogens is 1.